The predicted octanol–water partition coefficient (Wildman–Crippen LogP) is -0.584. The van der Waals surface area contributed by atoms with Crippen molar-refractivity contribution in [3.05, 3.63) is 40.3 Å². The second-order valence-electron chi connectivity index (χ2n) is 4.47. The summed E-state index contributed by atoms with van der Waals surface area (Å²) in [6.45, 7) is 0.578. The summed E-state index contributed by atoms with van der Waals surface area (Å²) in [5, 5.41) is 11.9. The van der Waals surface area contributed by atoms with E-state index in [2.05, 4.69) is 20.8 Å². The number of benzene rings is 1. The Morgan fingerprint density at radius 3 is 2.68 bits per heavy atom. The van der Waals surface area contributed by atoms with E-state index in [0.29, 0.717) is 23.9 Å². The molecule has 8 heteroatoms. The van der Waals surface area contributed by atoms with Gasteiger partial charge in [0, 0.05) is 19.0 Å². The fraction of sp³-hybridized carbons (Fsp3) is 0.286. The molecule has 22 heavy (non-hydrogen) atoms. The van der Waals surface area contributed by atoms with E-state index in [4.69, 9.17) is 4.74 Å². The Kier molecular flexibility index (Phi) is 5.21. The Morgan fingerprint density at radius 1 is 1.23 bits per heavy atom. The molecule has 0 aliphatic rings. The molecule has 0 spiro atoms. The zero-order chi connectivity index (χ0) is 15.9. The van der Waals surface area contributed by atoms with Gasteiger partial charge in [0.25, 0.3) is 11.5 Å². The molecule has 1 aromatic heterocycles. The molecule has 0 unspecified atom stereocenters. The smallest absolute Gasteiger partial charge is 0.272 e. The molecule has 2 amide bonds. The highest BCUT2D eigenvalue weighted by atomic mass is 16.5. The van der Waals surface area contributed by atoms with Crippen molar-refractivity contribution in [1.29, 1.82) is 0 Å². The number of aromatic amines is 1. The van der Waals surface area contributed by atoms with Crippen LogP contribution in [-0.4, -0.2) is 48.8 Å². The molecule has 0 saturated heterocycles. The van der Waals surface area contributed by atoms with Crippen LogP contribution in [0.4, 0.5) is 0 Å². The van der Waals surface area contributed by atoms with Crippen molar-refractivity contribution in [2.24, 2.45) is 0 Å². The first-order valence-electron chi connectivity index (χ1n) is 6.64. The highest BCUT2D eigenvalue weighted by molar-refractivity contribution is 6.05. The molecule has 0 aliphatic carbocycles. The van der Waals surface area contributed by atoms with Gasteiger partial charge in [0.05, 0.1) is 18.5 Å². The molecule has 1 aromatic carbocycles. The van der Waals surface area contributed by atoms with E-state index in [1.807, 2.05) is 0 Å². The topological polar surface area (TPSA) is 113 Å². The Balaban J connectivity index is 2.06. The monoisotopic (exact) mass is 304 g/mol. The van der Waals surface area contributed by atoms with Crippen LogP contribution >= 0.6 is 0 Å². The van der Waals surface area contributed by atoms with E-state index in [1.54, 1.807) is 24.3 Å². The molecular formula is C14H16N4O4. The number of nitrogens with zero attached hydrogens (tertiary/aromatic N) is 1. The van der Waals surface area contributed by atoms with E-state index in [1.165, 1.54) is 7.11 Å². The lowest BCUT2D eigenvalue weighted by atomic mass is 10.1. The Morgan fingerprint density at radius 2 is 1.95 bits per heavy atom. The maximum absolute atomic E-state index is 12.1. The van der Waals surface area contributed by atoms with Crippen LogP contribution in [0.5, 0.6) is 0 Å². The Labute approximate surface area is 125 Å². The Bertz CT molecular complexity index is 741. The summed E-state index contributed by atoms with van der Waals surface area (Å²) in [5.74, 6) is -0.867. The van der Waals surface area contributed by atoms with Crippen molar-refractivity contribution < 1.29 is 14.3 Å². The number of fused-ring (bicyclic) bond motifs is 1. The first kappa shape index (κ1) is 15.6. The highest BCUT2D eigenvalue weighted by Gasteiger charge is 2.14. The lowest BCUT2D eigenvalue weighted by Crippen LogP contribution is -2.38. The number of carbonyl (C=O) groups excluding carboxylic acids is 2. The molecule has 0 atom stereocenters. The van der Waals surface area contributed by atoms with Crippen LogP contribution in [0, 0.1) is 0 Å². The average Bonchev–Trinajstić information content (AvgIpc) is 2.53. The van der Waals surface area contributed by atoms with E-state index in [0.717, 1.165) is 0 Å². The number of hydrogen-bond acceptors (Lipinski definition) is 5. The summed E-state index contributed by atoms with van der Waals surface area (Å²) in [4.78, 5) is 35.3. The van der Waals surface area contributed by atoms with Crippen molar-refractivity contribution in [3.63, 3.8) is 0 Å². The van der Waals surface area contributed by atoms with E-state index in [-0.39, 0.29) is 23.7 Å². The standard InChI is InChI=1S/C14H16N4O4/c1-22-7-6-15-11(19)8-16-14(21)12-9-4-2-3-5-10(9)13(20)18-17-12/h2-5H,6-8H2,1H3,(H,15,19)(H,16,21)(H,18,20). The van der Waals surface area contributed by atoms with Gasteiger partial charge in [-0.3, -0.25) is 14.4 Å². The fourth-order valence-corrected chi connectivity index (χ4v) is 1.89. The molecule has 2 aromatic rings. The molecule has 3 N–H and O–H groups in total. The number of carbonyl (C=O) groups is 2. The number of hydrogen-bond donors (Lipinski definition) is 3. The van der Waals surface area contributed by atoms with Gasteiger partial charge < -0.3 is 15.4 Å². The van der Waals surface area contributed by atoms with Crippen LogP contribution in [0.15, 0.2) is 29.1 Å². The van der Waals surface area contributed by atoms with Gasteiger partial charge in [0.15, 0.2) is 5.69 Å². The summed E-state index contributed by atoms with van der Waals surface area (Å²) < 4.78 is 4.80. The molecular weight excluding hydrogens is 288 g/mol. The highest BCUT2D eigenvalue weighted by Crippen LogP contribution is 2.11. The van der Waals surface area contributed by atoms with Crippen molar-refractivity contribution >= 4 is 22.6 Å². The minimum absolute atomic E-state index is 0.0693. The largest absolute Gasteiger partial charge is 0.383 e. The molecule has 0 aliphatic heterocycles. The number of H-pyrrole nitrogens is 1. The molecule has 2 rings (SSSR count). The summed E-state index contributed by atoms with van der Waals surface area (Å²) in [6.07, 6.45) is 0. The van der Waals surface area contributed by atoms with Gasteiger partial charge in [-0.15, -0.1) is 0 Å². The van der Waals surface area contributed by atoms with Gasteiger partial charge in [0.2, 0.25) is 5.91 Å². The van der Waals surface area contributed by atoms with Crippen molar-refractivity contribution in [3.8, 4) is 0 Å². The maximum Gasteiger partial charge on any atom is 0.272 e. The van der Waals surface area contributed by atoms with Crippen LogP contribution in [0.3, 0.4) is 0 Å². The SMILES string of the molecule is COCCNC(=O)CNC(=O)c1n[nH]c(=O)c2ccccc12. The fourth-order valence-electron chi connectivity index (χ4n) is 1.89. The minimum atomic E-state index is -0.533. The second-order valence-corrected chi connectivity index (χ2v) is 4.47. The van der Waals surface area contributed by atoms with Gasteiger partial charge in [-0.2, -0.15) is 5.10 Å². The number of rotatable bonds is 6. The lowest BCUT2D eigenvalue weighted by molar-refractivity contribution is -0.120. The lowest BCUT2D eigenvalue weighted by Gasteiger charge is -2.07. The summed E-state index contributed by atoms with van der Waals surface area (Å²) in [6, 6.07) is 6.63. The normalized spacial score (nSPS) is 10.4. The molecule has 0 radical (unpaired) electrons. The number of aromatic nitrogens is 2. The third kappa shape index (κ3) is 3.67. The molecule has 116 valence electrons. The third-order valence-electron chi connectivity index (χ3n) is 2.95. The molecule has 1 heterocycles. The maximum atomic E-state index is 12.1. The van der Waals surface area contributed by atoms with Gasteiger partial charge in [-0.05, 0) is 6.07 Å². The molecule has 0 fully saturated rings. The number of ether oxygens (including phenoxy) is 1. The molecule has 0 saturated carbocycles. The van der Waals surface area contributed by atoms with Crippen molar-refractivity contribution in [2.45, 2.75) is 0 Å². The third-order valence-corrected chi connectivity index (χ3v) is 2.95. The van der Waals surface area contributed by atoms with Gasteiger partial charge in [-0.1, -0.05) is 18.2 Å². The summed E-state index contributed by atoms with van der Waals surface area (Å²) in [5.41, 5.74) is -0.302. The first-order chi connectivity index (χ1) is 10.6. The van der Waals surface area contributed by atoms with E-state index in [9.17, 15) is 14.4 Å². The molecule has 8 nitrogen and oxygen atoms in total. The van der Waals surface area contributed by atoms with Crippen LogP contribution in [0.1, 0.15) is 10.5 Å². The molecule has 0 bridgehead atoms. The van der Waals surface area contributed by atoms with Crippen LogP contribution in [0.2, 0.25) is 0 Å². The van der Waals surface area contributed by atoms with Gasteiger partial charge in [-0.25, -0.2) is 5.10 Å². The number of methoxy groups -OCH3 is 1. The van der Waals surface area contributed by atoms with E-state index >= 15 is 0 Å². The Hall–Kier alpha value is -2.74. The first-order valence-corrected chi connectivity index (χ1v) is 6.64. The van der Waals surface area contributed by atoms with Crippen LogP contribution in [-0.2, 0) is 9.53 Å². The second kappa shape index (κ2) is 7.32. The number of amides is 2. The van der Waals surface area contributed by atoms with Gasteiger partial charge >= 0.3 is 0 Å². The minimum Gasteiger partial charge on any atom is -0.383 e. The predicted molar refractivity (Wildman–Crippen MR) is 79.6 cm³/mol. The van der Waals surface area contributed by atoms with E-state index < -0.39 is 5.91 Å². The van der Waals surface area contributed by atoms with Gasteiger partial charge in [0.1, 0.15) is 0 Å². The quantitative estimate of drug-likeness (QED) is 0.618. The zero-order valence-corrected chi connectivity index (χ0v) is 12.0. The van der Waals surface area contributed by atoms with Crippen molar-refractivity contribution in [2.75, 3.05) is 26.8 Å². The van der Waals surface area contributed by atoms with Crippen molar-refractivity contribution in [1.82, 2.24) is 20.8 Å². The zero-order valence-electron chi connectivity index (χ0n) is 12.0. The summed E-state index contributed by atoms with van der Waals surface area (Å²) in [7, 11) is 1.53. The summed E-state index contributed by atoms with van der Waals surface area (Å²) >= 11 is 0. The van der Waals surface area contributed by atoms with Crippen LogP contribution < -0.4 is 16.2 Å². The number of nitrogens with one attached hydrogen (secondary N) is 3. The van der Waals surface area contributed by atoms with Crippen LogP contribution in [0.25, 0.3) is 10.8 Å². The average molecular weight is 304 g/mol.